The lowest BCUT2D eigenvalue weighted by Gasteiger charge is -2.01. The van der Waals surface area contributed by atoms with Gasteiger partial charge in [0.1, 0.15) is 11.5 Å². The molecule has 0 N–H and O–H groups in total. The first kappa shape index (κ1) is 12.0. The number of hydrogen-bond acceptors (Lipinski definition) is 6. The summed E-state index contributed by atoms with van der Waals surface area (Å²) < 4.78 is 32.7. The molecule has 17 heavy (non-hydrogen) atoms. The molecule has 0 aromatic heterocycles. The summed E-state index contributed by atoms with van der Waals surface area (Å²) in [5.41, 5.74) is 0.0638. The average Bonchev–Trinajstić information content (AvgIpc) is 3.11. The number of epoxide rings is 1. The van der Waals surface area contributed by atoms with Crippen molar-refractivity contribution < 1.29 is 27.1 Å². The van der Waals surface area contributed by atoms with Crippen molar-refractivity contribution in [1.29, 1.82) is 0 Å². The number of benzene rings is 1. The van der Waals surface area contributed by atoms with Gasteiger partial charge in [-0.05, 0) is 6.07 Å². The number of hydrogen-bond donors (Lipinski definition) is 0. The molecule has 1 saturated heterocycles. The first-order valence-corrected chi connectivity index (χ1v) is 6.10. The molecule has 1 heterocycles. The minimum Gasteiger partial charge on any atom is -0.344 e. The maximum atomic E-state index is 11.7. The molecule has 1 unspecified atom stereocenters. The minimum absolute atomic E-state index is 0.0638. The Labute approximate surface area is 97.6 Å². The summed E-state index contributed by atoms with van der Waals surface area (Å²) in [6.07, 6.45) is -0.713. The Morgan fingerprint density at radius 3 is 2.76 bits per heavy atom. The van der Waals surface area contributed by atoms with Crippen LogP contribution in [0.15, 0.2) is 29.2 Å². The Bertz CT molecular complexity index is 536. The lowest BCUT2D eigenvalue weighted by atomic mass is 10.3. The van der Waals surface area contributed by atoms with Gasteiger partial charge in [-0.25, -0.2) is 9.02 Å². The van der Waals surface area contributed by atoms with E-state index >= 15 is 0 Å². The molecule has 1 fully saturated rings. The molecule has 1 aromatic rings. The molecule has 1 aliphatic rings. The normalized spacial score (nSPS) is 18.8. The highest BCUT2D eigenvalue weighted by molar-refractivity contribution is 7.86. The van der Waals surface area contributed by atoms with Gasteiger partial charge in [0.15, 0.2) is 13.4 Å². The second-order valence-electron chi connectivity index (χ2n) is 3.25. The van der Waals surface area contributed by atoms with Crippen LogP contribution in [-0.4, -0.2) is 33.3 Å². The molecule has 0 spiro atoms. The van der Waals surface area contributed by atoms with Gasteiger partial charge in [-0.1, -0.05) is 6.07 Å². The van der Waals surface area contributed by atoms with E-state index in [-0.39, 0.29) is 22.1 Å². The molecule has 1 aliphatic heterocycles. The van der Waals surface area contributed by atoms with Crippen LogP contribution in [0.1, 0.15) is 0 Å². The SMILES string of the molecule is CO[N+](=O)c1cccc(S(=O)(=O)OC2CO2)c1. The lowest BCUT2D eigenvalue weighted by molar-refractivity contribution is -0.736. The summed E-state index contributed by atoms with van der Waals surface area (Å²) in [6.45, 7) is 0.255. The third-order valence-corrected chi connectivity index (χ3v) is 3.32. The van der Waals surface area contributed by atoms with Crippen LogP contribution in [0.3, 0.4) is 0 Å². The molecule has 7 nitrogen and oxygen atoms in total. The van der Waals surface area contributed by atoms with E-state index in [0.29, 0.717) is 0 Å². The van der Waals surface area contributed by atoms with E-state index < -0.39 is 16.4 Å². The Hall–Kier alpha value is -1.51. The monoisotopic (exact) mass is 260 g/mol. The van der Waals surface area contributed by atoms with Crippen LogP contribution < -0.4 is 0 Å². The molecule has 0 amide bonds. The van der Waals surface area contributed by atoms with Crippen LogP contribution in [0, 0.1) is 4.91 Å². The molecule has 1 aromatic carbocycles. The second-order valence-corrected chi connectivity index (χ2v) is 4.82. The van der Waals surface area contributed by atoms with Crippen LogP contribution in [-0.2, 0) is 23.9 Å². The van der Waals surface area contributed by atoms with Crippen LogP contribution in [0.5, 0.6) is 0 Å². The molecular formula is C9H10NO6S+. The van der Waals surface area contributed by atoms with Crippen molar-refractivity contribution in [2.75, 3.05) is 13.7 Å². The molecule has 92 valence electrons. The van der Waals surface area contributed by atoms with Crippen LogP contribution >= 0.6 is 0 Å². The summed E-state index contributed by atoms with van der Waals surface area (Å²) in [5.74, 6) is 0. The van der Waals surface area contributed by atoms with Gasteiger partial charge in [0, 0.05) is 12.1 Å². The minimum atomic E-state index is -3.91. The Morgan fingerprint density at radius 2 is 2.18 bits per heavy atom. The van der Waals surface area contributed by atoms with E-state index in [9.17, 15) is 13.3 Å². The predicted octanol–water partition coefficient (Wildman–Crippen LogP) is 0.720. The smallest absolute Gasteiger partial charge is 0.318 e. The second kappa shape index (κ2) is 4.40. The van der Waals surface area contributed by atoms with Crippen molar-refractivity contribution in [3.05, 3.63) is 29.2 Å². The van der Waals surface area contributed by atoms with Crippen LogP contribution in [0.25, 0.3) is 0 Å². The highest BCUT2D eigenvalue weighted by Gasteiger charge is 2.32. The van der Waals surface area contributed by atoms with Gasteiger partial charge in [-0.15, -0.1) is 0 Å². The zero-order chi connectivity index (χ0) is 12.5. The van der Waals surface area contributed by atoms with Crippen LogP contribution in [0.2, 0.25) is 0 Å². The van der Waals surface area contributed by atoms with Gasteiger partial charge < -0.3 is 4.74 Å². The van der Waals surface area contributed by atoms with Gasteiger partial charge in [0.2, 0.25) is 0 Å². The first-order valence-electron chi connectivity index (χ1n) is 4.69. The largest absolute Gasteiger partial charge is 0.344 e. The molecule has 0 bridgehead atoms. The highest BCUT2D eigenvalue weighted by atomic mass is 32.2. The highest BCUT2D eigenvalue weighted by Crippen LogP contribution is 2.23. The van der Waals surface area contributed by atoms with Crippen molar-refractivity contribution in [3.63, 3.8) is 0 Å². The topological polar surface area (TPSA) is 85.2 Å². The molecule has 0 aliphatic carbocycles. The van der Waals surface area contributed by atoms with Crippen molar-refractivity contribution in [1.82, 2.24) is 0 Å². The van der Waals surface area contributed by atoms with Gasteiger partial charge in [-0.3, -0.25) is 0 Å². The fourth-order valence-corrected chi connectivity index (χ4v) is 2.16. The Kier molecular flexibility index (Phi) is 3.09. The maximum absolute atomic E-state index is 11.7. The maximum Gasteiger partial charge on any atom is 0.318 e. The van der Waals surface area contributed by atoms with Gasteiger partial charge in [0.05, 0.1) is 4.91 Å². The van der Waals surface area contributed by atoms with Gasteiger partial charge in [-0.2, -0.15) is 8.42 Å². The third-order valence-electron chi connectivity index (χ3n) is 2.02. The number of rotatable bonds is 5. The number of ether oxygens (including phenoxy) is 1. The molecule has 1 atom stereocenters. The summed E-state index contributed by atoms with van der Waals surface area (Å²) in [7, 11) is -2.72. The fraction of sp³-hybridized carbons (Fsp3) is 0.333. The standard InChI is InChI=1S/C9H10NO6S/c1-14-10(11)7-3-2-4-8(5-7)17(12,13)16-9-6-15-9/h2-5,9H,6H2,1H3/q+1. The molecule has 0 radical (unpaired) electrons. The Balaban J connectivity index is 2.28. The van der Waals surface area contributed by atoms with E-state index in [1.807, 2.05) is 0 Å². The molecular weight excluding hydrogens is 250 g/mol. The van der Waals surface area contributed by atoms with Crippen molar-refractivity contribution in [3.8, 4) is 0 Å². The fourth-order valence-electron chi connectivity index (χ4n) is 1.15. The summed E-state index contributed by atoms with van der Waals surface area (Å²) in [6, 6.07) is 5.32. The summed E-state index contributed by atoms with van der Waals surface area (Å²) in [4.78, 5) is 15.7. The van der Waals surface area contributed by atoms with Crippen molar-refractivity contribution in [2.24, 2.45) is 0 Å². The van der Waals surface area contributed by atoms with E-state index in [1.165, 1.54) is 25.3 Å². The molecule has 0 saturated carbocycles. The van der Waals surface area contributed by atoms with Gasteiger partial charge in [0.25, 0.3) is 15.0 Å². The quantitative estimate of drug-likeness (QED) is 0.440. The average molecular weight is 260 g/mol. The van der Waals surface area contributed by atoms with E-state index in [4.69, 9.17) is 4.18 Å². The summed E-state index contributed by atoms with van der Waals surface area (Å²) >= 11 is 0. The van der Waals surface area contributed by atoms with E-state index in [1.54, 1.807) is 0 Å². The lowest BCUT2D eigenvalue weighted by Crippen LogP contribution is -2.09. The van der Waals surface area contributed by atoms with E-state index in [2.05, 4.69) is 9.57 Å². The zero-order valence-electron chi connectivity index (χ0n) is 8.90. The molecule has 8 heteroatoms. The van der Waals surface area contributed by atoms with E-state index in [0.717, 1.165) is 6.07 Å². The summed E-state index contributed by atoms with van der Waals surface area (Å²) in [5, 5.41) is 0. The van der Waals surface area contributed by atoms with Crippen molar-refractivity contribution in [2.45, 2.75) is 11.2 Å². The Morgan fingerprint density at radius 1 is 1.47 bits per heavy atom. The van der Waals surface area contributed by atoms with Crippen LogP contribution in [0.4, 0.5) is 5.69 Å². The zero-order valence-corrected chi connectivity index (χ0v) is 9.72. The van der Waals surface area contributed by atoms with Crippen molar-refractivity contribution >= 4 is 15.8 Å². The predicted molar refractivity (Wildman–Crippen MR) is 54.7 cm³/mol. The molecule has 2 rings (SSSR count). The third kappa shape index (κ3) is 2.78. The first-order chi connectivity index (χ1) is 8.03. The van der Waals surface area contributed by atoms with Gasteiger partial charge >= 0.3 is 5.69 Å². The number of nitrogens with zero attached hydrogens (tertiary/aromatic N) is 1.